The van der Waals surface area contributed by atoms with E-state index >= 15 is 0 Å². The number of sulfone groups is 1. The van der Waals surface area contributed by atoms with Crippen LogP contribution in [0.2, 0.25) is 0 Å². The summed E-state index contributed by atoms with van der Waals surface area (Å²) >= 11 is 1.29. The minimum absolute atomic E-state index is 0.230. The summed E-state index contributed by atoms with van der Waals surface area (Å²) in [5.41, 5.74) is -0.00388. The molecule has 3 aromatic rings. The van der Waals surface area contributed by atoms with Gasteiger partial charge in [-0.15, -0.1) is 11.3 Å². The third-order valence-electron chi connectivity index (χ3n) is 2.80. The fourth-order valence-electron chi connectivity index (χ4n) is 1.87. The zero-order chi connectivity index (χ0) is 14.2. The molecule has 0 saturated heterocycles. The molecule has 0 spiro atoms. The maximum atomic E-state index is 12.2. The van der Waals surface area contributed by atoms with Gasteiger partial charge in [0.25, 0.3) is 5.56 Å². The van der Waals surface area contributed by atoms with Crippen molar-refractivity contribution in [3.8, 4) is 0 Å². The first-order chi connectivity index (χ1) is 9.56. The molecule has 0 aliphatic carbocycles. The molecule has 1 aromatic carbocycles. The van der Waals surface area contributed by atoms with Crippen molar-refractivity contribution in [3.05, 3.63) is 64.0 Å². The highest BCUT2D eigenvalue weighted by atomic mass is 32.2. The third-order valence-corrected chi connectivity index (χ3v) is 5.22. The molecule has 0 amide bonds. The maximum Gasteiger partial charge on any atom is 0.258 e. The SMILES string of the molecule is O=c1cc(CS(=O)(=O)c2ccccc2)nc2sccn12. The molecular formula is C13H10N2O3S2. The van der Waals surface area contributed by atoms with E-state index in [4.69, 9.17) is 0 Å². The third kappa shape index (κ3) is 2.37. The Bertz CT molecular complexity index is 911. The van der Waals surface area contributed by atoms with E-state index < -0.39 is 9.84 Å². The van der Waals surface area contributed by atoms with Crippen LogP contribution >= 0.6 is 11.3 Å². The average molecular weight is 306 g/mol. The summed E-state index contributed by atoms with van der Waals surface area (Å²) < 4.78 is 25.9. The van der Waals surface area contributed by atoms with Gasteiger partial charge in [-0.2, -0.15) is 0 Å². The van der Waals surface area contributed by atoms with Gasteiger partial charge in [0.2, 0.25) is 0 Å². The summed E-state index contributed by atoms with van der Waals surface area (Å²) in [6.07, 6.45) is 1.62. The van der Waals surface area contributed by atoms with E-state index in [1.54, 1.807) is 29.8 Å². The largest absolute Gasteiger partial charge is 0.269 e. The van der Waals surface area contributed by atoms with E-state index in [0.29, 0.717) is 4.96 Å². The molecule has 0 bridgehead atoms. The molecular weight excluding hydrogens is 296 g/mol. The summed E-state index contributed by atoms with van der Waals surface area (Å²) in [6, 6.07) is 9.41. The molecule has 0 atom stereocenters. The highest BCUT2D eigenvalue weighted by Gasteiger charge is 2.17. The quantitative estimate of drug-likeness (QED) is 0.739. The Morgan fingerprint density at radius 2 is 1.95 bits per heavy atom. The van der Waals surface area contributed by atoms with Gasteiger partial charge >= 0.3 is 0 Å². The highest BCUT2D eigenvalue weighted by Crippen LogP contribution is 2.15. The number of hydrogen-bond acceptors (Lipinski definition) is 5. The van der Waals surface area contributed by atoms with E-state index in [-0.39, 0.29) is 21.9 Å². The van der Waals surface area contributed by atoms with E-state index in [0.717, 1.165) is 0 Å². The Hall–Kier alpha value is -1.99. The number of aromatic nitrogens is 2. The van der Waals surface area contributed by atoms with Gasteiger partial charge in [0.1, 0.15) is 0 Å². The number of rotatable bonds is 3. The van der Waals surface area contributed by atoms with Crippen molar-refractivity contribution >= 4 is 26.1 Å². The number of nitrogens with zero attached hydrogens (tertiary/aromatic N) is 2. The Labute approximate surface area is 119 Å². The fraction of sp³-hybridized carbons (Fsp3) is 0.0769. The lowest BCUT2D eigenvalue weighted by Gasteiger charge is -2.04. The van der Waals surface area contributed by atoms with Gasteiger partial charge in [-0.05, 0) is 12.1 Å². The second kappa shape index (κ2) is 4.84. The predicted octanol–water partition coefficient (Wildman–Crippen LogP) is 1.73. The number of hydrogen-bond donors (Lipinski definition) is 0. The Morgan fingerprint density at radius 1 is 1.20 bits per heavy atom. The molecule has 3 rings (SSSR count). The molecule has 0 unspecified atom stereocenters. The first-order valence-corrected chi connectivity index (χ1v) is 8.33. The van der Waals surface area contributed by atoms with E-state index in [2.05, 4.69) is 4.98 Å². The first kappa shape index (κ1) is 13.0. The molecule has 2 heterocycles. The normalized spacial score (nSPS) is 11.8. The van der Waals surface area contributed by atoms with Gasteiger partial charge in [0.15, 0.2) is 14.8 Å². The highest BCUT2D eigenvalue weighted by molar-refractivity contribution is 7.90. The number of benzene rings is 1. The van der Waals surface area contributed by atoms with Crippen LogP contribution in [0.4, 0.5) is 0 Å². The minimum atomic E-state index is -3.49. The van der Waals surface area contributed by atoms with E-state index in [1.807, 2.05) is 0 Å². The van der Waals surface area contributed by atoms with Crippen molar-refractivity contribution in [2.24, 2.45) is 0 Å². The molecule has 20 heavy (non-hydrogen) atoms. The van der Waals surface area contributed by atoms with Crippen LogP contribution < -0.4 is 5.56 Å². The first-order valence-electron chi connectivity index (χ1n) is 5.80. The van der Waals surface area contributed by atoms with Crippen LogP contribution in [0.3, 0.4) is 0 Å². The van der Waals surface area contributed by atoms with Gasteiger partial charge in [-0.25, -0.2) is 13.4 Å². The molecule has 0 radical (unpaired) electrons. The van der Waals surface area contributed by atoms with Crippen molar-refractivity contribution in [2.45, 2.75) is 10.6 Å². The van der Waals surface area contributed by atoms with E-state index in [9.17, 15) is 13.2 Å². The second-order valence-electron chi connectivity index (χ2n) is 4.21. The summed E-state index contributed by atoms with van der Waals surface area (Å²) in [4.78, 5) is 16.8. The van der Waals surface area contributed by atoms with Crippen LogP contribution in [0.5, 0.6) is 0 Å². The lowest BCUT2D eigenvalue weighted by Crippen LogP contribution is -2.15. The summed E-state index contributed by atoms with van der Waals surface area (Å²) in [6.45, 7) is 0. The monoisotopic (exact) mass is 306 g/mol. The van der Waals surface area contributed by atoms with Gasteiger partial charge in [-0.3, -0.25) is 9.20 Å². The van der Waals surface area contributed by atoms with Crippen LogP contribution in [0.25, 0.3) is 4.96 Å². The standard InChI is InChI=1S/C13H10N2O3S2/c16-12-8-10(14-13-15(12)6-7-19-13)9-20(17,18)11-4-2-1-3-5-11/h1-8H,9H2. The van der Waals surface area contributed by atoms with Crippen LogP contribution in [0.1, 0.15) is 5.69 Å². The second-order valence-corrected chi connectivity index (χ2v) is 7.08. The summed E-state index contributed by atoms with van der Waals surface area (Å²) in [5, 5.41) is 1.74. The van der Waals surface area contributed by atoms with Crippen LogP contribution in [-0.2, 0) is 15.6 Å². The summed E-state index contributed by atoms with van der Waals surface area (Å²) in [7, 11) is -3.49. The smallest absolute Gasteiger partial charge is 0.258 e. The molecule has 0 aliphatic heterocycles. The lowest BCUT2D eigenvalue weighted by molar-refractivity contribution is 0.594. The molecule has 0 aliphatic rings. The zero-order valence-electron chi connectivity index (χ0n) is 10.3. The molecule has 2 aromatic heterocycles. The van der Waals surface area contributed by atoms with Gasteiger partial charge in [-0.1, -0.05) is 18.2 Å². The van der Waals surface area contributed by atoms with Crippen molar-refractivity contribution in [3.63, 3.8) is 0 Å². The number of thiazole rings is 1. The minimum Gasteiger partial charge on any atom is -0.269 e. The van der Waals surface area contributed by atoms with Crippen LogP contribution in [0, 0.1) is 0 Å². The van der Waals surface area contributed by atoms with E-state index in [1.165, 1.54) is 33.9 Å². The van der Waals surface area contributed by atoms with Crippen molar-refractivity contribution < 1.29 is 8.42 Å². The maximum absolute atomic E-state index is 12.2. The fourth-order valence-corrected chi connectivity index (χ4v) is 3.88. The van der Waals surface area contributed by atoms with Gasteiger partial charge in [0.05, 0.1) is 16.3 Å². The molecule has 0 N–H and O–H groups in total. The topological polar surface area (TPSA) is 68.5 Å². The van der Waals surface area contributed by atoms with Gasteiger partial charge in [0, 0.05) is 17.6 Å². The van der Waals surface area contributed by atoms with Gasteiger partial charge < -0.3 is 0 Å². The Kier molecular flexibility index (Phi) is 3.15. The molecule has 102 valence electrons. The molecule has 0 fully saturated rings. The molecule has 0 saturated carbocycles. The Balaban J connectivity index is 2.03. The molecule has 5 nitrogen and oxygen atoms in total. The van der Waals surface area contributed by atoms with Crippen LogP contribution in [0.15, 0.2) is 57.7 Å². The Morgan fingerprint density at radius 3 is 2.70 bits per heavy atom. The molecule has 7 heteroatoms. The van der Waals surface area contributed by atoms with Crippen molar-refractivity contribution in [2.75, 3.05) is 0 Å². The zero-order valence-corrected chi connectivity index (χ0v) is 11.9. The lowest BCUT2D eigenvalue weighted by atomic mass is 10.4. The average Bonchev–Trinajstić information content (AvgIpc) is 2.88. The predicted molar refractivity (Wildman–Crippen MR) is 76.7 cm³/mol. The summed E-state index contributed by atoms with van der Waals surface area (Å²) in [5.74, 6) is -0.277. The van der Waals surface area contributed by atoms with Crippen molar-refractivity contribution in [1.82, 2.24) is 9.38 Å². The van der Waals surface area contributed by atoms with Crippen LogP contribution in [-0.4, -0.2) is 17.8 Å². The van der Waals surface area contributed by atoms with Crippen molar-refractivity contribution in [1.29, 1.82) is 0 Å². The number of fused-ring (bicyclic) bond motifs is 1.